The van der Waals surface area contributed by atoms with Crippen LogP contribution in [-0.2, 0) is 9.59 Å². The number of piperidine rings is 1. The van der Waals surface area contributed by atoms with E-state index in [2.05, 4.69) is 5.32 Å². The molecule has 8 heteroatoms. The van der Waals surface area contributed by atoms with Crippen LogP contribution in [0.5, 0.6) is 0 Å². The lowest BCUT2D eigenvalue weighted by molar-refractivity contribution is -0.160. The Morgan fingerprint density at radius 1 is 1.18 bits per heavy atom. The molecule has 124 valence electrons. The number of nitrogens with one attached hydrogen (secondary N) is 1. The SMILES string of the molecule is O=C(C(=O)N1CCCC1CC(F)(F)F)N1CC2CNC(C2)C1. The lowest BCUT2D eigenvalue weighted by atomic mass is 10.00. The summed E-state index contributed by atoms with van der Waals surface area (Å²) in [6.07, 6.45) is -3.51. The molecule has 3 atom stereocenters. The number of carbonyl (C=O) groups excluding carboxylic acids is 2. The van der Waals surface area contributed by atoms with Gasteiger partial charge in [0.05, 0.1) is 6.42 Å². The first-order chi connectivity index (χ1) is 10.3. The Labute approximate surface area is 126 Å². The van der Waals surface area contributed by atoms with Crippen molar-refractivity contribution in [2.75, 3.05) is 26.2 Å². The highest BCUT2D eigenvalue weighted by atomic mass is 19.4. The Bertz CT molecular complexity index is 457. The minimum absolute atomic E-state index is 0.208. The number of hydrogen-bond acceptors (Lipinski definition) is 3. The van der Waals surface area contributed by atoms with Crippen LogP contribution in [0, 0.1) is 5.92 Å². The van der Waals surface area contributed by atoms with Gasteiger partial charge in [0.1, 0.15) is 0 Å². The van der Waals surface area contributed by atoms with E-state index in [1.165, 1.54) is 4.90 Å². The summed E-state index contributed by atoms with van der Waals surface area (Å²) >= 11 is 0. The van der Waals surface area contributed by atoms with Gasteiger partial charge in [-0.1, -0.05) is 0 Å². The molecule has 3 aliphatic heterocycles. The van der Waals surface area contributed by atoms with Gasteiger partial charge in [-0.15, -0.1) is 0 Å². The molecule has 3 saturated heterocycles. The zero-order chi connectivity index (χ0) is 15.9. The van der Waals surface area contributed by atoms with Crippen molar-refractivity contribution in [3.05, 3.63) is 0 Å². The van der Waals surface area contributed by atoms with Gasteiger partial charge < -0.3 is 15.1 Å². The maximum Gasteiger partial charge on any atom is 0.391 e. The number of halogens is 3. The molecule has 3 fully saturated rings. The van der Waals surface area contributed by atoms with Crippen LogP contribution in [0.2, 0.25) is 0 Å². The summed E-state index contributed by atoms with van der Waals surface area (Å²) in [5, 5.41) is 3.28. The minimum Gasteiger partial charge on any atom is -0.333 e. The molecule has 2 bridgehead atoms. The van der Waals surface area contributed by atoms with Crippen LogP contribution in [0.25, 0.3) is 0 Å². The molecule has 2 amide bonds. The zero-order valence-corrected chi connectivity index (χ0v) is 12.2. The second-order valence-corrected chi connectivity index (χ2v) is 6.53. The molecule has 1 N–H and O–H groups in total. The molecule has 0 aliphatic carbocycles. The summed E-state index contributed by atoms with van der Waals surface area (Å²) in [4.78, 5) is 27.3. The van der Waals surface area contributed by atoms with Gasteiger partial charge in [-0.05, 0) is 25.2 Å². The average molecular weight is 319 g/mol. The molecule has 0 aromatic heterocycles. The quantitative estimate of drug-likeness (QED) is 0.726. The molecule has 3 heterocycles. The van der Waals surface area contributed by atoms with E-state index < -0.39 is 30.5 Å². The molecule has 0 aromatic rings. The molecule has 0 saturated carbocycles. The number of rotatable bonds is 1. The number of amides is 2. The van der Waals surface area contributed by atoms with Gasteiger partial charge in [0, 0.05) is 38.3 Å². The molecule has 3 aliphatic rings. The molecule has 0 spiro atoms. The molecule has 0 radical (unpaired) electrons. The third kappa shape index (κ3) is 3.21. The molecule has 5 nitrogen and oxygen atoms in total. The van der Waals surface area contributed by atoms with Gasteiger partial charge >= 0.3 is 18.0 Å². The molecule has 22 heavy (non-hydrogen) atoms. The van der Waals surface area contributed by atoms with Crippen molar-refractivity contribution in [2.24, 2.45) is 5.92 Å². The Kier molecular flexibility index (Phi) is 4.05. The van der Waals surface area contributed by atoms with Crippen molar-refractivity contribution in [3.63, 3.8) is 0 Å². The minimum atomic E-state index is -4.31. The number of fused-ring (bicyclic) bond motifs is 2. The average Bonchev–Trinajstić information content (AvgIpc) is 3.01. The monoisotopic (exact) mass is 319 g/mol. The summed E-state index contributed by atoms with van der Waals surface area (Å²) in [5.74, 6) is -1.07. The van der Waals surface area contributed by atoms with Crippen LogP contribution in [0.3, 0.4) is 0 Å². The lowest BCUT2D eigenvalue weighted by Gasteiger charge is -2.33. The topological polar surface area (TPSA) is 52.7 Å². The summed E-state index contributed by atoms with van der Waals surface area (Å²) in [5.41, 5.74) is 0. The van der Waals surface area contributed by atoms with Gasteiger partial charge in [-0.2, -0.15) is 13.2 Å². The van der Waals surface area contributed by atoms with Crippen LogP contribution in [0.1, 0.15) is 25.7 Å². The second kappa shape index (κ2) is 5.72. The van der Waals surface area contributed by atoms with Gasteiger partial charge in [0.15, 0.2) is 0 Å². The first kappa shape index (κ1) is 15.6. The highest BCUT2D eigenvalue weighted by molar-refractivity contribution is 6.35. The zero-order valence-electron chi connectivity index (χ0n) is 12.2. The van der Waals surface area contributed by atoms with Gasteiger partial charge in [-0.3, -0.25) is 9.59 Å². The maximum absolute atomic E-state index is 12.6. The maximum atomic E-state index is 12.6. The smallest absolute Gasteiger partial charge is 0.333 e. The van der Waals surface area contributed by atoms with Gasteiger partial charge in [-0.25, -0.2) is 0 Å². The number of hydrogen-bond donors (Lipinski definition) is 1. The molecular weight excluding hydrogens is 299 g/mol. The third-order valence-corrected chi connectivity index (χ3v) is 4.81. The van der Waals surface area contributed by atoms with Crippen molar-refractivity contribution in [1.82, 2.24) is 15.1 Å². The number of likely N-dealkylation sites (tertiary alicyclic amines) is 2. The van der Waals surface area contributed by atoms with E-state index >= 15 is 0 Å². The lowest BCUT2D eigenvalue weighted by Crippen LogP contribution is -2.52. The summed E-state index contributed by atoms with van der Waals surface area (Å²) in [6, 6.07) is -0.684. The van der Waals surface area contributed by atoms with Crippen molar-refractivity contribution < 1.29 is 22.8 Å². The van der Waals surface area contributed by atoms with E-state index in [0.29, 0.717) is 31.8 Å². The molecular formula is C14H20F3N3O2. The largest absolute Gasteiger partial charge is 0.391 e. The second-order valence-electron chi connectivity index (χ2n) is 6.53. The Morgan fingerprint density at radius 3 is 2.64 bits per heavy atom. The standard InChI is InChI=1S/C14H20F3N3O2/c15-14(16,17)5-11-2-1-3-20(11)13(22)12(21)19-7-9-4-10(8-19)18-6-9/h9-11,18H,1-8H2. The van der Waals surface area contributed by atoms with Crippen LogP contribution in [-0.4, -0.2) is 66.1 Å². The van der Waals surface area contributed by atoms with Crippen molar-refractivity contribution in [1.29, 1.82) is 0 Å². The fourth-order valence-corrected chi connectivity index (χ4v) is 3.84. The highest BCUT2D eigenvalue weighted by Crippen LogP contribution is 2.30. The van der Waals surface area contributed by atoms with E-state index in [1.54, 1.807) is 0 Å². The summed E-state index contributed by atoms with van der Waals surface area (Å²) < 4.78 is 37.7. The first-order valence-electron chi connectivity index (χ1n) is 7.73. The predicted molar refractivity (Wildman–Crippen MR) is 71.9 cm³/mol. The normalized spacial score (nSPS) is 31.7. The third-order valence-electron chi connectivity index (χ3n) is 4.81. The number of nitrogens with zero attached hydrogens (tertiary/aromatic N) is 2. The Morgan fingerprint density at radius 2 is 1.95 bits per heavy atom. The molecule has 3 unspecified atom stereocenters. The Hall–Kier alpha value is -1.31. The Balaban J connectivity index is 1.63. The van der Waals surface area contributed by atoms with Crippen LogP contribution >= 0.6 is 0 Å². The van der Waals surface area contributed by atoms with Crippen molar-refractivity contribution in [2.45, 2.75) is 43.9 Å². The summed E-state index contributed by atoms with van der Waals surface area (Å²) in [6.45, 7) is 2.07. The predicted octanol–water partition coefficient (Wildman–Crippen LogP) is 0.750. The van der Waals surface area contributed by atoms with Crippen LogP contribution in [0.4, 0.5) is 13.2 Å². The summed E-state index contributed by atoms with van der Waals surface area (Å²) in [7, 11) is 0. The van der Waals surface area contributed by atoms with E-state index in [9.17, 15) is 22.8 Å². The van der Waals surface area contributed by atoms with E-state index in [1.807, 2.05) is 0 Å². The van der Waals surface area contributed by atoms with Gasteiger partial charge in [0.2, 0.25) is 0 Å². The first-order valence-corrected chi connectivity index (χ1v) is 7.73. The van der Waals surface area contributed by atoms with Crippen LogP contribution in [0.15, 0.2) is 0 Å². The van der Waals surface area contributed by atoms with E-state index in [0.717, 1.165) is 17.9 Å². The van der Waals surface area contributed by atoms with Crippen LogP contribution < -0.4 is 5.32 Å². The van der Waals surface area contributed by atoms with Gasteiger partial charge in [0.25, 0.3) is 0 Å². The van der Waals surface area contributed by atoms with Crippen molar-refractivity contribution in [3.8, 4) is 0 Å². The molecule has 0 aromatic carbocycles. The molecule has 3 rings (SSSR count). The van der Waals surface area contributed by atoms with E-state index in [4.69, 9.17) is 0 Å². The van der Waals surface area contributed by atoms with E-state index in [-0.39, 0.29) is 12.6 Å². The highest BCUT2D eigenvalue weighted by Gasteiger charge is 2.43. The number of alkyl halides is 3. The number of carbonyl (C=O) groups is 2. The van der Waals surface area contributed by atoms with Crippen molar-refractivity contribution >= 4 is 11.8 Å². The fourth-order valence-electron chi connectivity index (χ4n) is 3.84. The fraction of sp³-hybridized carbons (Fsp3) is 0.857.